The molecule has 0 aliphatic rings. The van der Waals surface area contributed by atoms with Crippen LogP contribution in [-0.2, 0) is 16.4 Å². The molecule has 0 bridgehead atoms. The number of nitrogens with one attached hydrogen (secondary N) is 1. The van der Waals surface area contributed by atoms with Crippen LogP contribution in [0.4, 0.5) is 18.9 Å². The lowest BCUT2D eigenvalue weighted by molar-refractivity contribution is -0.137. The average molecular weight is 541 g/mol. The molecule has 1 amide bonds. The number of alkyl halides is 3. The smallest absolute Gasteiger partial charge is 0.416 e. The zero-order valence-corrected chi connectivity index (χ0v) is 22.2. The van der Waals surface area contributed by atoms with Crippen molar-refractivity contribution < 1.29 is 22.7 Å². The molecular formula is C28H27F3N4O2S. The molecule has 0 saturated heterocycles. The minimum atomic E-state index is -4.49. The van der Waals surface area contributed by atoms with Crippen molar-refractivity contribution in [1.29, 1.82) is 0 Å². The second kappa shape index (κ2) is 10.9. The Morgan fingerprint density at radius 1 is 0.947 bits per heavy atom. The van der Waals surface area contributed by atoms with Gasteiger partial charge in [0, 0.05) is 16.9 Å². The molecule has 0 radical (unpaired) electrons. The first-order valence-corrected chi connectivity index (χ1v) is 12.7. The quantitative estimate of drug-likeness (QED) is 0.256. The van der Waals surface area contributed by atoms with Gasteiger partial charge in [-0.05, 0) is 53.4 Å². The molecule has 0 aliphatic carbocycles. The zero-order valence-electron chi connectivity index (χ0n) is 21.3. The highest BCUT2D eigenvalue weighted by atomic mass is 32.2. The van der Waals surface area contributed by atoms with Crippen molar-refractivity contribution >= 4 is 23.4 Å². The van der Waals surface area contributed by atoms with E-state index in [1.165, 1.54) is 17.7 Å². The van der Waals surface area contributed by atoms with E-state index in [0.29, 0.717) is 16.7 Å². The number of methoxy groups -OCH3 is 1. The van der Waals surface area contributed by atoms with Crippen molar-refractivity contribution in [3.05, 3.63) is 83.9 Å². The third kappa shape index (κ3) is 6.36. The maximum atomic E-state index is 13.0. The lowest BCUT2D eigenvalue weighted by atomic mass is 9.87. The van der Waals surface area contributed by atoms with E-state index in [4.69, 9.17) is 4.74 Å². The molecule has 0 saturated carbocycles. The van der Waals surface area contributed by atoms with Gasteiger partial charge in [0.15, 0.2) is 11.0 Å². The van der Waals surface area contributed by atoms with Crippen LogP contribution in [0.25, 0.3) is 17.1 Å². The van der Waals surface area contributed by atoms with Gasteiger partial charge in [0.05, 0.1) is 18.4 Å². The summed E-state index contributed by atoms with van der Waals surface area (Å²) in [5.41, 5.74) is 2.03. The van der Waals surface area contributed by atoms with Crippen LogP contribution in [0, 0.1) is 0 Å². The molecule has 0 atom stereocenters. The lowest BCUT2D eigenvalue weighted by Gasteiger charge is -2.19. The topological polar surface area (TPSA) is 69.0 Å². The predicted octanol–water partition coefficient (Wildman–Crippen LogP) is 6.99. The fourth-order valence-corrected chi connectivity index (χ4v) is 4.49. The maximum Gasteiger partial charge on any atom is 0.416 e. The second-order valence-electron chi connectivity index (χ2n) is 9.58. The molecule has 4 aromatic rings. The largest absolute Gasteiger partial charge is 0.497 e. The summed E-state index contributed by atoms with van der Waals surface area (Å²) >= 11 is 1.14. The normalized spacial score (nSPS) is 11.9. The number of hydrogen-bond donors (Lipinski definition) is 1. The molecule has 0 spiro atoms. The summed E-state index contributed by atoms with van der Waals surface area (Å²) in [5.74, 6) is 0.742. The molecule has 38 heavy (non-hydrogen) atoms. The Kier molecular flexibility index (Phi) is 7.82. The van der Waals surface area contributed by atoms with E-state index in [1.807, 2.05) is 41.0 Å². The van der Waals surface area contributed by atoms with Crippen LogP contribution in [0.5, 0.6) is 5.75 Å². The van der Waals surface area contributed by atoms with Gasteiger partial charge in [-0.25, -0.2) is 0 Å². The van der Waals surface area contributed by atoms with Crippen LogP contribution >= 0.6 is 11.8 Å². The monoisotopic (exact) mass is 540 g/mol. The number of benzene rings is 3. The highest BCUT2D eigenvalue weighted by Gasteiger charge is 2.30. The number of aromatic nitrogens is 3. The Labute approximate surface area is 223 Å². The minimum Gasteiger partial charge on any atom is -0.497 e. The van der Waals surface area contributed by atoms with Gasteiger partial charge >= 0.3 is 6.18 Å². The van der Waals surface area contributed by atoms with Crippen LogP contribution in [0.15, 0.2) is 78.0 Å². The number of hydrogen-bond acceptors (Lipinski definition) is 5. The first kappa shape index (κ1) is 27.3. The highest BCUT2D eigenvalue weighted by molar-refractivity contribution is 7.99. The molecule has 1 heterocycles. The number of thioether (sulfide) groups is 1. The average Bonchev–Trinajstić information content (AvgIpc) is 3.31. The standard InChI is InChI=1S/C28H27F3N4O2S/c1-27(2,3)19-10-8-18(9-11-19)25-33-34-26(35(25)22-12-14-23(37-4)15-13-22)38-17-24(36)32-21-7-5-6-20(16-21)28(29,30)31/h5-16H,17H2,1-4H3,(H,32,36). The summed E-state index contributed by atoms with van der Waals surface area (Å²) in [4.78, 5) is 12.6. The number of ether oxygens (including phenoxy) is 1. The van der Waals surface area contributed by atoms with Crippen molar-refractivity contribution in [1.82, 2.24) is 14.8 Å². The maximum absolute atomic E-state index is 13.0. The van der Waals surface area contributed by atoms with Crippen molar-refractivity contribution in [3.8, 4) is 22.8 Å². The van der Waals surface area contributed by atoms with Crippen molar-refractivity contribution in [3.63, 3.8) is 0 Å². The molecule has 198 valence electrons. The molecule has 10 heteroatoms. The first-order chi connectivity index (χ1) is 18.0. The molecule has 4 rings (SSSR count). The predicted molar refractivity (Wildman–Crippen MR) is 143 cm³/mol. The molecule has 1 N–H and O–H groups in total. The van der Waals surface area contributed by atoms with Gasteiger partial charge in [-0.2, -0.15) is 13.2 Å². The Morgan fingerprint density at radius 2 is 1.63 bits per heavy atom. The van der Waals surface area contributed by atoms with E-state index >= 15 is 0 Å². The van der Waals surface area contributed by atoms with Gasteiger partial charge in [0.25, 0.3) is 0 Å². The van der Waals surface area contributed by atoms with Crippen LogP contribution in [0.2, 0.25) is 0 Å². The highest BCUT2D eigenvalue weighted by Crippen LogP contribution is 2.32. The third-order valence-corrected chi connectivity index (χ3v) is 6.71. The number of anilines is 1. The Balaban J connectivity index is 1.60. The summed E-state index contributed by atoms with van der Waals surface area (Å²) in [7, 11) is 1.58. The Bertz CT molecular complexity index is 1410. The molecule has 6 nitrogen and oxygen atoms in total. The van der Waals surface area contributed by atoms with Gasteiger partial charge in [0.2, 0.25) is 5.91 Å². The first-order valence-electron chi connectivity index (χ1n) is 11.8. The summed E-state index contributed by atoms with van der Waals surface area (Å²) in [6.45, 7) is 6.42. The fraction of sp³-hybridized carbons (Fsp3) is 0.250. The Hall–Kier alpha value is -3.79. The number of rotatable bonds is 7. The zero-order chi connectivity index (χ0) is 27.5. The van der Waals surface area contributed by atoms with Crippen molar-refractivity contribution in [2.45, 2.75) is 37.5 Å². The van der Waals surface area contributed by atoms with E-state index in [2.05, 4.69) is 48.4 Å². The van der Waals surface area contributed by atoms with E-state index in [1.54, 1.807) is 7.11 Å². The SMILES string of the molecule is COc1ccc(-n2c(SCC(=O)Nc3cccc(C(F)(F)F)c3)nnc2-c2ccc(C(C)(C)C)cc2)cc1. The van der Waals surface area contributed by atoms with Crippen molar-refractivity contribution in [2.24, 2.45) is 0 Å². The van der Waals surface area contributed by atoms with Crippen LogP contribution < -0.4 is 10.1 Å². The van der Waals surface area contributed by atoms with Gasteiger partial charge in [-0.3, -0.25) is 9.36 Å². The summed E-state index contributed by atoms with van der Waals surface area (Å²) < 4.78 is 46.1. The molecule has 0 fully saturated rings. The summed E-state index contributed by atoms with van der Waals surface area (Å²) in [6, 6.07) is 20.0. The number of carbonyl (C=O) groups is 1. The summed E-state index contributed by atoms with van der Waals surface area (Å²) in [6.07, 6.45) is -4.49. The van der Waals surface area contributed by atoms with Gasteiger partial charge in [-0.15, -0.1) is 10.2 Å². The number of nitrogens with zero attached hydrogens (tertiary/aromatic N) is 3. The van der Waals surface area contributed by atoms with E-state index in [-0.39, 0.29) is 16.9 Å². The molecule has 0 aliphatic heterocycles. The van der Waals surface area contributed by atoms with E-state index < -0.39 is 17.6 Å². The van der Waals surface area contributed by atoms with Crippen LogP contribution in [0.1, 0.15) is 31.9 Å². The number of amides is 1. The van der Waals surface area contributed by atoms with Crippen LogP contribution in [0.3, 0.4) is 0 Å². The Morgan fingerprint density at radius 3 is 2.24 bits per heavy atom. The number of halogens is 3. The second-order valence-corrected chi connectivity index (χ2v) is 10.5. The minimum absolute atomic E-state index is 0.00379. The van der Waals surface area contributed by atoms with E-state index in [9.17, 15) is 18.0 Å². The van der Waals surface area contributed by atoms with Gasteiger partial charge in [0.1, 0.15) is 5.75 Å². The molecule has 0 unspecified atom stereocenters. The van der Waals surface area contributed by atoms with Crippen molar-refractivity contribution in [2.75, 3.05) is 18.2 Å². The fourth-order valence-electron chi connectivity index (χ4n) is 3.73. The molecular weight excluding hydrogens is 513 g/mol. The lowest BCUT2D eigenvalue weighted by Crippen LogP contribution is -2.15. The van der Waals surface area contributed by atoms with Gasteiger partial charge < -0.3 is 10.1 Å². The van der Waals surface area contributed by atoms with Gasteiger partial charge in [-0.1, -0.05) is 62.9 Å². The molecule has 3 aromatic carbocycles. The third-order valence-electron chi connectivity index (χ3n) is 5.78. The molecule has 1 aromatic heterocycles. The summed E-state index contributed by atoms with van der Waals surface area (Å²) in [5, 5.41) is 11.7. The number of carbonyl (C=O) groups excluding carboxylic acids is 1. The van der Waals surface area contributed by atoms with Crippen LogP contribution in [-0.4, -0.2) is 33.5 Å². The van der Waals surface area contributed by atoms with E-state index in [0.717, 1.165) is 35.1 Å².